The number of methoxy groups -OCH3 is 1. The maximum absolute atomic E-state index is 11.1. The molecule has 0 radical (unpaired) electrons. The number of ether oxygens (including phenoxy) is 2. The van der Waals surface area contributed by atoms with Crippen molar-refractivity contribution in [1.82, 2.24) is 19.4 Å². The summed E-state index contributed by atoms with van der Waals surface area (Å²) in [7, 11) is 1.32. The lowest BCUT2D eigenvalue weighted by molar-refractivity contribution is -0.140. The average molecular weight is 346 g/mol. The molecule has 130 valence electrons. The van der Waals surface area contributed by atoms with Crippen LogP contribution >= 0.6 is 11.7 Å². The summed E-state index contributed by atoms with van der Waals surface area (Å²) in [6.45, 7) is 3.46. The van der Waals surface area contributed by atoms with E-state index in [2.05, 4.69) is 24.1 Å². The van der Waals surface area contributed by atoms with Crippen molar-refractivity contribution in [3.8, 4) is 5.88 Å². The number of hydrogen-bond donors (Lipinski definition) is 3. The first-order valence-corrected chi connectivity index (χ1v) is 7.85. The zero-order valence-electron chi connectivity index (χ0n) is 13.4. The minimum absolute atomic E-state index is 0.0242. The molecule has 0 aliphatic heterocycles. The van der Waals surface area contributed by atoms with Crippen molar-refractivity contribution in [3.05, 3.63) is 5.69 Å². The van der Waals surface area contributed by atoms with Gasteiger partial charge in [-0.3, -0.25) is 14.9 Å². The highest BCUT2D eigenvalue weighted by atomic mass is 32.1. The number of aromatic nitrogens is 2. The number of rotatable bonds is 10. The number of aliphatic hydroxyl groups is 1. The van der Waals surface area contributed by atoms with E-state index in [0.29, 0.717) is 18.0 Å². The molecule has 2 unspecified atom stereocenters. The van der Waals surface area contributed by atoms with Gasteiger partial charge in [-0.25, -0.2) is 0 Å². The first kappa shape index (κ1) is 19.3. The fourth-order valence-corrected chi connectivity index (χ4v) is 2.23. The van der Waals surface area contributed by atoms with Crippen LogP contribution in [0.1, 0.15) is 26.0 Å². The van der Waals surface area contributed by atoms with Crippen LogP contribution in [-0.2, 0) is 20.7 Å². The third-order valence-electron chi connectivity index (χ3n) is 2.81. The van der Waals surface area contributed by atoms with Gasteiger partial charge in [0.05, 0.1) is 31.4 Å². The van der Waals surface area contributed by atoms with Crippen molar-refractivity contribution in [2.45, 2.75) is 39.0 Å². The highest BCUT2D eigenvalue weighted by Crippen LogP contribution is 2.17. The molecule has 0 aromatic carbocycles. The molecule has 0 aliphatic rings. The number of nitrogens with zero attached hydrogens (tertiary/aromatic N) is 2. The van der Waals surface area contributed by atoms with Crippen LogP contribution in [0.5, 0.6) is 5.88 Å². The molecule has 1 aromatic heterocycles. The Bertz CT molecular complexity index is 510. The molecule has 0 aliphatic carbocycles. The van der Waals surface area contributed by atoms with Gasteiger partial charge in [0, 0.05) is 19.9 Å². The van der Waals surface area contributed by atoms with Crippen LogP contribution in [0, 0.1) is 0 Å². The van der Waals surface area contributed by atoms with Gasteiger partial charge in [-0.1, -0.05) is 0 Å². The zero-order valence-corrected chi connectivity index (χ0v) is 14.2. The van der Waals surface area contributed by atoms with E-state index in [0.717, 1.165) is 11.7 Å². The number of carbonyl (C=O) groups excluding carboxylic acids is 2. The summed E-state index contributed by atoms with van der Waals surface area (Å²) in [5, 5.41) is 15.5. The molecule has 0 spiro atoms. The van der Waals surface area contributed by atoms with E-state index in [1.807, 2.05) is 0 Å². The smallest absolute Gasteiger partial charge is 0.305 e. The number of aliphatic hydroxyl groups excluding tert-OH is 1. The molecule has 1 heterocycles. The summed E-state index contributed by atoms with van der Waals surface area (Å²) in [5.41, 5.74) is 0.562. The lowest BCUT2D eigenvalue weighted by Gasteiger charge is -2.17. The van der Waals surface area contributed by atoms with E-state index in [4.69, 9.17) is 4.74 Å². The van der Waals surface area contributed by atoms with Gasteiger partial charge in [0.15, 0.2) is 0 Å². The first-order valence-electron chi connectivity index (χ1n) is 7.12. The van der Waals surface area contributed by atoms with Crippen LogP contribution in [-0.4, -0.2) is 58.3 Å². The van der Waals surface area contributed by atoms with Gasteiger partial charge in [-0.2, -0.15) is 4.37 Å². The molecule has 23 heavy (non-hydrogen) atoms. The summed E-state index contributed by atoms with van der Waals surface area (Å²) in [6, 6.07) is 0. The molecule has 1 rings (SSSR count). The van der Waals surface area contributed by atoms with E-state index in [9.17, 15) is 14.7 Å². The maximum atomic E-state index is 11.1. The van der Waals surface area contributed by atoms with Gasteiger partial charge in [0.25, 0.3) is 0 Å². The molecule has 0 saturated heterocycles. The highest BCUT2D eigenvalue weighted by molar-refractivity contribution is 6.99. The average Bonchev–Trinajstić information content (AvgIpc) is 2.95. The van der Waals surface area contributed by atoms with Crippen molar-refractivity contribution in [1.29, 1.82) is 0 Å². The van der Waals surface area contributed by atoms with Gasteiger partial charge in [0.2, 0.25) is 11.8 Å². The molecule has 1 aromatic rings. The molecule has 0 saturated carbocycles. The molecule has 1 amide bonds. The molecular weight excluding hydrogens is 324 g/mol. The predicted octanol–water partition coefficient (Wildman–Crippen LogP) is -0.545. The Morgan fingerprint density at radius 3 is 2.78 bits per heavy atom. The number of esters is 1. The maximum Gasteiger partial charge on any atom is 0.305 e. The van der Waals surface area contributed by atoms with Gasteiger partial charge < -0.3 is 19.9 Å². The molecule has 2 atom stereocenters. The molecule has 10 heteroatoms. The summed E-state index contributed by atoms with van der Waals surface area (Å²) >= 11 is 0.980. The fourth-order valence-electron chi connectivity index (χ4n) is 1.69. The summed E-state index contributed by atoms with van der Waals surface area (Å²) < 4.78 is 18.0. The Morgan fingerprint density at radius 2 is 2.13 bits per heavy atom. The van der Waals surface area contributed by atoms with Gasteiger partial charge in [-0.15, -0.1) is 4.37 Å². The number of nitrogens with one attached hydrogen (secondary N) is 2. The monoisotopic (exact) mass is 346 g/mol. The number of aryl methyl sites for hydroxylation is 1. The summed E-state index contributed by atoms with van der Waals surface area (Å²) in [5.74, 6) is -0.174. The topological polar surface area (TPSA) is 123 Å². The van der Waals surface area contributed by atoms with Gasteiger partial charge >= 0.3 is 5.97 Å². The number of hydrogen-bond acceptors (Lipinski definition) is 9. The Kier molecular flexibility index (Phi) is 8.45. The van der Waals surface area contributed by atoms with E-state index >= 15 is 0 Å². The van der Waals surface area contributed by atoms with Crippen LogP contribution in [0.4, 0.5) is 0 Å². The molecule has 0 fully saturated rings. The second kappa shape index (κ2) is 10.1. The molecular formula is C13H22N4O5S. The van der Waals surface area contributed by atoms with Crippen molar-refractivity contribution in [2.24, 2.45) is 0 Å². The largest absolute Gasteiger partial charge is 0.473 e. The predicted molar refractivity (Wildman–Crippen MR) is 83.0 cm³/mol. The summed E-state index contributed by atoms with van der Waals surface area (Å²) in [4.78, 5) is 22.0. The number of carbonyl (C=O) groups is 2. The van der Waals surface area contributed by atoms with Crippen LogP contribution in [0.2, 0.25) is 0 Å². The lowest BCUT2D eigenvalue weighted by Crippen LogP contribution is -2.46. The van der Waals surface area contributed by atoms with E-state index in [-0.39, 0.29) is 37.6 Å². The Balaban J connectivity index is 2.33. The van der Waals surface area contributed by atoms with E-state index < -0.39 is 6.10 Å². The second-order valence-corrected chi connectivity index (χ2v) is 5.42. The van der Waals surface area contributed by atoms with Crippen molar-refractivity contribution < 1.29 is 24.2 Å². The van der Waals surface area contributed by atoms with E-state index in [1.54, 1.807) is 6.92 Å². The van der Waals surface area contributed by atoms with Crippen LogP contribution in [0.25, 0.3) is 0 Å². The summed E-state index contributed by atoms with van der Waals surface area (Å²) in [6.07, 6.45) is -0.469. The lowest BCUT2D eigenvalue weighted by atomic mass is 10.2. The Labute approximate surface area is 138 Å². The van der Waals surface area contributed by atoms with Crippen LogP contribution < -0.4 is 15.4 Å². The minimum atomic E-state index is -0.777. The fraction of sp³-hybridized carbons (Fsp3) is 0.692. The van der Waals surface area contributed by atoms with Crippen molar-refractivity contribution >= 4 is 23.6 Å². The molecule has 3 N–H and O–H groups in total. The Morgan fingerprint density at radius 1 is 1.39 bits per heavy atom. The van der Waals surface area contributed by atoms with Crippen LogP contribution in [0.15, 0.2) is 0 Å². The third kappa shape index (κ3) is 7.86. The molecule has 0 bridgehead atoms. The first-order chi connectivity index (χ1) is 10.9. The standard InChI is InChI=1S/C13H22N4O5S/c1-8(15-9(2)18)14-6-10(19)7-22-13-11(16-23-17-13)4-5-12(20)21-3/h8,10,14,19H,4-7H2,1-3H3,(H,15,18). The van der Waals surface area contributed by atoms with E-state index in [1.165, 1.54) is 14.0 Å². The second-order valence-electron chi connectivity index (χ2n) is 4.89. The van der Waals surface area contributed by atoms with Crippen LogP contribution in [0.3, 0.4) is 0 Å². The zero-order chi connectivity index (χ0) is 17.2. The van der Waals surface area contributed by atoms with Crippen molar-refractivity contribution in [3.63, 3.8) is 0 Å². The minimum Gasteiger partial charge on any atom is -0.473 e. The van der Waals surface area contributed by atoms with Gasteiger partial charge in [-0.05, 0) is 6.92 Å². The van der Waals surface area contributed by atoms with Crippen molar-refractivity contribution in [2.75, 3.05) is 20.3 Å². The quantitative estimate of drug-likeness (QED) is 0.381. The highest BCUT2D eigenvalue weighted by Gasteiger charge is 2.14. The third-order valence-corrected chi connectivity index (χ3v) is 3.36. The number of amides is 1. The Hall–Kier alpha value is -1.78. The van der Waals surface area contributed by atoms with Gasteiger partial charge in [0.1, 0.15) is 18.4 Å². The molecule has 9 nitrogen and oxygen atoms in total. The SMILES string of the molecule is COC(=O)CCc1nsnc1OCC(O)CNC(C)NC(C)=O. The normalized spacial score (nSPS) is 13.2.